The third-order valence-corrected chi connectivity index (χ3v) is 3.53. The van der Waals surface area contributed by atoms with Crippen LogP contribution in [0, 0.1) is 0 Å². The lowest BCUT2D eigenvalue weighted by molar-refractivity contribution is 0.370. The van der Waals surface area contributed by atoms with E-state index in [1.165, 1.54) is 7.11 Å². The molecule has 0 atom stereocenters. The van der Waals surface area contributed by atoms with Gasteiger partial charge in [-0.2, -0.15) is 0 Å². The van der Waals surface area contributed by atoms with Crippen LogP contribution in [-0.4, -0.2) is 17.8 Å². The van der Waals surface area contributed by atoms with E-state index in [2.05, 4.69) is 0 Å². The van der Waals surface area contributed by atoms with Crippen molar-refractivity contribution in [3.8, 4) is 11.5 Å². The average molecular weight is 242 g/mol. The molecule has 3 N–H and O–H groups in total. The average Bonchev–Trinajstić information content (AvgIpc) is 2.97. The Bertz CT molecular complexity index is 402. The number of rotatable bonds is 4. The number of aromatic hydroxyl groups is 1. The second-order valence-electron chi connectivity index (χ2n) is 4.44. The molecule has 2 rings (SSSR count). The summed E-state index contributed by atoms with van der Waals surface area (Å²) < 4.78 is 5.05. The van der Waals surface area contributed by atoms with E-state index >= 15 is 0 Å². The van der Waals surface area contributed by atoms with E-state index in [0.717, 1.165) is 24.8 Å². The zero-order chi connectivity index (χ0) is 11.8. The standard InChI is InChI=1S/C12H16ClNO2/c1-16-10-3-2-9(13)8(11(10)15)4-5-12(14)6-7-12/h2-3,15H,4-7,14H2,1H3. The molecule has 0 aromatic heterocycles. The summed E-state index contributed by atoms with van der Waals surface area (Å²) in [5.41, 5.74) is 6.71. The predicted octanol–water partition coefficient (Wildman–Crippen LogP) is 2.48. The van der Waals surface area contributed by atoms with Gasteiger partial charge in [-0.1, -0.05) is 11.6 Å². The molecule has 0 bridgehead atoms. The van der Waals surface area contributed by atoms with E-state index in [1.807, 2.05) is 0 Å². The molecule has 1 aromatic carbocycles. The molecule has 3 nitrogen and oxygen atoms in total. The SMILES string of the molecule is COc1ccc(Cl)c(CCC2(N)CC2)c1O. The Hall–Kier alpha value is -0.930. The van der Waals surface area contributed by atoms with Gasteiger partial charge in [-0.25, -0.2) is 0 Å². The summed E-state index contributed by atoms with van der Waals surface area (Å²) in [7, 11) is 1.53. The van der Waals surface area contributed by atoms with Crippen LogP contribution in [0.1, 0.15) is 24.8 Å². The first-order valence-corrected chi connectivity index (χ1v) is 5.77. The number of ether oxygens (including phenoxy) is 1. The molecule has 1 aliphatic carbocycles. The van der Waals surface area contributed by atoms with Crippen molar-refractivity contribution in [3.05, 3.63) is 22.7 Å². The van der Waals surface area contributed by atoms with Gasteiger partial charge >= 0.3 is 0 Å². The van der Waals surface area contributed by atoms with Gasteiger partial charge in [0.05, 0.1) is 7.11 Å². The molecule has 0 saturated heterocycles. The minimum absolute atomic E-state index is 0.0289. The molecule has 1 saturated carbocycles. The van der Waals surface area contributed by atoms with Gasteiger partial charge in [0.2, 0.25) is 0 Å². The van der Waals surface area contributed by atoms with Crippen LogP contribution in [0.15, 0.2) is 12.1 Å². The molecule has 0 unspecified atom stereocenters. The highest BCUT2D eigenvalue weighted by atomic mass is 35.5. The van der Waals surface area contributed by atoms with Crippen molar-refractivity contribution < 1.29 is 9.84 Å². The van der Waals surface area contributed by atoms with E-state index in [1.54, 1.807) is 12.1 Å². The normalized spacial score (nSPS) is 17.2. The summed E-state index contributed by atoms with van der Waals surface area (Å²) in [5, 5.41) is 10.5. The Kier molecular flexibility index (Phi) is 3.00. The maximum atomic E-state index is 9.94. The van der Waals surface area contributed by atoms with E-state index in [9.17, 15) is 5.11 Å². The van der Waals surface area contributed by atoms with E-state index in [0.29, 0.717) is 17.2 Å². The van der Waals surface area contributed by atoms with Gasteiger partial charge in [-0.15, -0.1) is 0 Å². The molecule has 1 aromatic rings. The first kappa shape index (κ1) is 11.6. The molecular formula is C12H16ClNO2. The third-order valence-electron chi connectivity index (χ3n) is 3.17. The fraction of sp³-hybridized carbons (Fsp3) is 0.500. The van der Waals surface area contributed by atoms with Gasteiger partial charge in [-0.05, 0) is 37.8 Å². The summed E-state index contributed by atoms with van der Waals surface area (Å²) in [6.07, 6.45) is 3.68. The fourth-order valence-corrected chi connectivity index (χ4v) is 2.02. The highest BCUT2D eigenvalue weighted by Gasteiger charge is 2.37. The number of halogens is 1. The van der Waals surface area contributed by atoms with Gasteiger partial charge < -0.3 is 15.6 Å². The number of nitrogens with two attached hydrogens (primary N) is 1. The summed E-state index contributed by atoms with van der Waals surface area (Å²) >= 11 is 6.05. The molecule has 0 radical (unpaired) electrons. The van der Waals surface area contributed by atoms with Gasteiger partial charge in [0.25, 0.3) is 0 Å². The number of benzene rings is 1. The quantitative estimate of drug-likeness (QED) is 0.852. The Balaban J connectivity index is 2.17. The van der Waals surface area contributed by atoms with Crippen molar-refractivity contribution in [3.63, 3.8) is 0 Å². The smallest absolute Gasteiger partial charge is 0.162 e. The summed E-state index contributed by atoms with van der Waals surface area (Å²) in [5.74, 6) is 0.598. The zero-order valence-electron chi connectivity index (χ0n) is 9.29. The van der Waals surface area contributed by atoms with Crippen LogP contribution in [0.3, 0.4) is 0 Å². The minimum atomic E-state index is -0.0289. The van der Waals surface area contributed by atoms with Crippen LogP contribution >= 0.6 is 11.6 Å². The van der Waals surface area contributed by atoms with Crippen LogP contribution in [0.25, 0.3) is 0 Å². The number of hydrogen-bond donors (Lipinski definition) is 2. The van der Waals surface area contributed by atoms with Crippen LogP contribution in [0.5, 0.6) is 11.5 Å². The van der Waals surface area contributed by atoms with E-state index < -0.39 is 0 Å². The van der Waals surface area contributed by atoms with Crippen molar-refractivity contribution in [1.82, 2.24) is 0 Å². The van der Waals surface area contributed by atoms with Gasteiger partial charge in [0.1, 0.15) is 0 Å². The molecule has 0 heterocycles. The molecule has 16 heavy (non-hydrogen) atoms. The summed E-state index contributed by atoms with van der Waals surface area (Å²) in [4.78, 5) is 0. The van der Waals surface area contributed by atoms with E-state index in [-0.39, 0.29) is 11.3 Å². The lowest BCUT2D eigenvalue weighted by Crippen LogP contribution is -2.22. The zero-order valence-corrected chi connectivity index (χ0v) is 10.0. The second kappa shape index (κ2) is 4.15. The fourth-order valence-electron chi connectivity index (χ4n) is 1.78. The molecule has 0 spiro atoms. The molecule has 1 aliphatic rings. The Morgan fingerprint density at radius 1 is 1.50 bits per heavy atom. The lowest BCUT2D eigenvalue weighted by Gasteiger charge is -2.13. The van der Waals surface area contributed by atoms with Crippen molar-refractivity contribution in [2.75, 3.05) is 7.11 Å². The topological polar surface area (TPSA) is 55.5 Å². The van der Waals surface area contributed by atoms with Gasteiger partial charge in [0.15, 0.2) is 11.5 Å². The van der Waals surface area contributed by atoms with Crippen LogP contribution in [0.2, 0.25) is 5.02 Å². The van der Waals surface area contributed by atoms with Crippen LogP contribution in [0.4, 0.5) is 0 Å². The largest absolute Gasteiger partial charge is 0.504 e. The molecule has 0 amide bonds. The number of phenolic OH excluding ortho intramolecular Hbond substituents is 1. The van der Waals surface area contributed by atoms with Crippen molar-refractivity contribution >= 4 is 11.6 Å². The molecular weight excluding hydrogens is 226 g/mol. The second-order valence-corrected chi connectivity index (χ2v) is 4.85. The Morgan fingerprint density at radius 3 is 2.75 bits per heavy atom. The Labute approximate surface area is 100 Å². The maximum Gasteiger partial charge on any atom is 0.162 e. The first-order chi connectivity index (χ1) is 7.56. The van der Waals surface area contributed by atoms with Crippen molar-refractivity contribution in [2.24, 2.45) is 5.73 Å². The molecule has 1 fully saturated rings. The highest BCUT2D eigenvalue weighted by Crippen LogP contribution is 2.40. The molecule has 0 aliphatic heterocycles. The molecule has 88 valence electrons. The van der Waals surface area contributed by atoms with Crippen molar-refractivity contribution in [1.29, 1.82) is 0 Å². The van der Waals surface area contributed by atoms with Gasteiger partial charge in [-0.3, -0.25) is 0 Å². The molecule has 4 heteroatoms. The van der Waals surface area contributed by atoms with Gasteiger partial charge in [0, 0.05) is 16.1 Å². The lowest BCUT2D eigenvalue weighted by atomic mass is 10.0. The minimum Gasteiger partial charge on any atom is -0.504 e. The first-order valence-electron chi connectivity index (χ1n) is 5.39. The van der Waals surface area contributed by atoms with Crippen LogP contribution in [-0.2, 0) is 6.42 Å². The number of phenols is 1. The number of methoxy groups -OCH3 is 1. The monoisotopic (exact) mass is 241 g/mol. The summed E-state index contributed by atoms with van der Waals surface area (Å²) in [6, 6.07) is 3.40. The highest BCUT2D eigenvalue weighted by molar-refractivity contribution is 6.31. The third kappa shape index (κ3) is 2.25. The maximum absolute atomic E-state index is 9.94. The Morgan fingerprint density at radius 2 is 2.19 bits per heavy atom. The van der Waals surface area contributed by atoms with Crippen molar-refractivity contribution in [2.45, 2.75) is 31.2 Å². The summed E-state index contributed by atoms with van der Waals surface area (Å²) in [6.45, 7) is 0. The van der Waals surface area contributed by atoms with Crippen LogP contribution < -0.4 is 10.5 Å². The number of hydrogen-bond acceptors (Lipinski definition) is 3. The predicted molar refractivity (Wildman–Crippen MR) is 64.1 cm³/mol. The van der Waals surface area contributed by atoms with E-state index in [4.69, 9.17) is 22.1 Å².